The molecule has 2 aromatic carbocycles. The molecule has 0 saturated carbocycles. The molecule has 0 aliphatic rings. The van der Waals surface area contributed by atoms with Crippen molar-refractivity contribution in [2.24, 2.45) is 5.92 Å². The first-order valence-electron chi connectivity index (χ1n) is 7.03. The Morgan fingerprint density at radius 1 is 0.857 bits per heavy atom. The van der Waals surface area contributed by atoms with Crippen molar-refractivity contribution in [3.63, 3.8) is 0 Å². The number of hydrogen-bond donors (Lipinski definition) is 0. The van der Waals surface area contributed by atoms with Crippen LogP contribution < -0.4 is 0 Å². The lowest BCUT2D eigenvalue weighted by Crippen LogP contribution is -2.24. The molecule has 21 heavy (non-hydrogen) atoms. The molecule has 2 nitrogen and oxygen atoms in total. The van der Waals surface area contributed by atoms with Crippen LogP contribution in [0.3, 0.4) is 0 Å². The predicted molar refractivity (Wildman–Crippen MR) is 84.5 cm³/mol. The summed E-state index contributed by atoms with van der Waals surface area (Å²) in [6.07, 6.45) is 4.16. The molecule has 2 rings (SSSR count). The van der Waals surface area contributed by atoms with Crippen LogP contribution in [-0.2, 0) is 0 Å². The Bertz CT molecular complexity index is 576. The van der Waals surface area contributed by atoms with Gasteiger partial charge in [-0.1, -0.05) is 72.8 Å². The zero-order valence-electron chi connectivity index (χ0n) is 12.0. The van der Waals surface area contributed by atoms with E-state index in [2.05, 4.69) is 0 Å². The number of carbonyl (C=O) groups is 2. The molecule has 2 aromatic rings. The van der Waals surface area contributed by atoms with Crippen molar-refractivity contribution in [3.8, 4) is 0 Å². The number of Topliss-reactive ketones (excluding diaryl/α,β-unsaturated/α-hetero) is 2. The molecule has 0 fully saturated rings. The second-order valence-electron chi connectivity index (χ2n) is 4.82. The summed E-state index contributed by atoms with van der Waals surface area (Å²) < 4.78 is 0. The van der Waals surface area contributed by atoms with Gasteiger partial charge in [-0.05, 0) is 13.3 Å². The summed E-state index contributed by atoms with van der Waals surface area (Å²) in [5.74, 6) is -0.906. The molecule has 106 valence electrons. The third-order valence-electron chi connectivity index (χ3n) is 3.36. The molecular weight excluding hydrogens is 260 g/mol. The Hall–Kier alpha value is -2.48. The van der Waals surface area contributed by atoms with Crippen molar-refractivity contribution in [2.45, 2.75) is 13.3 Å². The Kier molecular flexibility index (Phi) is 5.22. The molecule has 0 atom stereocenters. The van der Waals surface area contributed by atoms with E-state index in [0.717, 1.165) is 0 Å². The number of allylic oxidation sites excluding steroid dienone is 2. The largest absolute Gasteiger partial charge is 0.293 e. The maximum absolute atomic E-state index is 12.6. The minimum atomic E-state index is -0.661. The Morgan fingerprint density at radius 2 is 1.29 bits per heavy atom. The average Bonchev–Trinajstić information content (AvgIpc) is 2.56. The minimum absolute atomic E-state index is 0.123. The van der Waals surface area contributed by atoms with Gasteiger partial charge in [0, 0.05) is 11.1 Å². The van der Waals surface area contributed by atoms with Crippen molar-refractivity contribution in [2.75, 3.05) is 0 Å². The monoisotopic (exact) mass is 278 g/mol. The highest BCUT2D eigenvalue weighted by Crippen LogP contribution is 2.19. The third-order valence-corrected chi connectivity index (χ3v) is 3.36. The lowest BCUT2D eigenvalue weighted by Gasteiger charge is -2.13. The summed E-state index contributed by atoms with van der Waals surface area (Å²) in [6, 6.07) is 18.0. The fourth-order valence-corrected chi connectivity index (χ4v) is 2.21. The Balaban J connectivity index is 2.30. The number of hydrogen-bond acceptors (Lipinski definition) is 2. The molecule has 0 amide bonds. The van der Waals surface area contributed by atoms with Gasteiger partial charge in [-0.3, -0.25) is 9.59 Å². The molecular formula is C19H18O2. The van der Waals surface area contributed by atoms with Crippen LogP contribution in [0.25, 0.3) is 0 Å². The maximum atomic E-state index is 12.6. The van der Waals surface area contributed by atoms with E-state index in [0.29, 0.717) is 17.5 Å². The first-order chi connectivity index (χ1) is 10.2. The van der Waals surface area contributed by atoms with Gasteiger partial charge in [0.2, 0.25) is 0 Å². The van der Waals surface area contributed by atoms with E-state index >= 15 is 0 Å². The van der Waals surface area contributed by atoms with Gasteiger partial charge in [-0.2, -0.15) is 0 Å². The SMILES string of the molecule is C/C=C\CC(C(=O)c1ccccc1)C(=O)c1ccccc1. The normalized spacial score (nSPS) is 11.0. The zero-order valence-corrected chi connectivity index (χ0v) is 12.0. The topological polar surface area (TPSA) is 34.1 Å². The van der Waals surface area contributed by atoms with Crippen molar-refractivity contribution >= 4 is 11.6 Å². The number of carbonyl (C=O) groups excluding carboxylic acids is 2. The molecule has 0 bridgehead atoms. The van der Waals surface area contributed by atoms with E-state index < -0.39 is 5.92 Å². The summed E-state index contributed by atoms with van der Waals surface area (Å²) in [4.78, 5) is 25.2. The number of ketones is 2. The summed E-state index contributed by atoms with van der Waals surface area (Å²) in [5, 5.41) is 0. The zero-order chi connectivity index (χ0) is 15.1. The highest BCUT2D eigenvalue weighted by molar-refractivity contribution is 6.16. The van der Waals surface area contributed by atoms with Crippen LogP contribution in [0.4, 0.5) is 0 Å². The smallest absolute Gasteiger partial charge is 0.174 e. The fourth-order valence-electron chi connectivity index (χ4n) is 2.21. The summed E-state index contributed by atoms with van der Waals surface area (Å²) in [5.41, 5.74) is 1.16. The van der Waals surface area contributed by atoms with E-state index in [1.807, 2.05) is 55.5 Å². The van der Waals surface area contributed by atoms with Gasteiger partial charge in [-0.15, -0.1) is 0 Å². The van der Waals surface area contributed by atoms with Gasteiger partial charge in [0.15, 0.2) is 11.6 Å². The first kappa shape index (κ1) is 14.9. The standard InChI is InChI=1S/C19H18O2/c1-2-3-14-17(18(20)15-10-6-4-7-11-15)19(21)16-12-8-5-9-13-16/h2-13,17H,14H2,1H3/b3-2-. The highest BCUT2D eigenvalue weighted by atomic mass is 16.1. The molecule has 0 aliphatic heterocycles. The van der Waals surface area contributed by atoms with Crippen LogP contribution in [0.2, 0.25) is 0 Å². The second-order valence-corrected chi connectivity index (χ2v) is 4.82. The molecule has 0 N–H and O–H groups in total. The second kappa shape index (κ2) is 7.34. The van der Waals surface area contributed by atoms with Gasteiger partial charge in [-0.25, -0.2) is 0 Å². The fraction of sp³-hybridized carbons (Fsp3) is 0.158. The molecule has 0 heterocycles. The lowest BCUT2D eigenvalue weighted by atomic mass is 9.87. The van der Waals surface area contributed by atoms with Crippen LogP contribution in [0.5, 0.6) is 0 Å². The van der Waals surface area contributed by atoms with Gasteiger partial charge >= 0.3 is 0 Å². The van der Waals surface area contributed by atoms with Gasteiger partial charge < -0.3 is 0 Å². The Labute approximate surface area is 125 Å². The van der Waals surface area contributed by atoms with Crippen LogP contribution in [-0.4, -0.2) is 11.6 Å². The van der Waals surface area contributed by atoms with E-state index in [1.54, 1.807) is 24.3 Å². The molecule has 0 aliphatic carbocycles. The van der Waals surface area contributed by atoms with Crippen molar-refractivity contribution in [1.29, 1.82) is 0 Å². The quantitative estimate of drug-likeness (QED) is 0.447. The molecule has 0 saturated heterocycles. The molecule has 2 heteroatoms. The van der Waals surface area contributed by atoms with Crippen LogP contribution in [0, 0.1) is 5.92 Å². The summed E-state index contributed by atoms with van der Waals surface area (Å²) in [6.45, 7) is 1.89. The number of rotatable bonds is 6. The minimum Gasteiger partial charge on any atom is -0.293 e. The maximum Gasteiger partial charge on any atom is 0.174 e. The first-order valence-corrected chi connectivity index (χ1v) is 7.03. The molecule has 0 unspecified atom stereocenters. The van der Waals surface area contributed by atoms with E-state index in [1.165, 1.54) is 0 Å². The van der Waals surface area contributed by atoms with Gasteiger partial charge in [0.1, 0.15) is 0 Å². The van der Waals surface area contributed by atoms with Crippen LogP contribution in [0.15, 0.2) is 72.8 Å². The average molecular weight is 278 g/mol. The van der Waals surface area contributed by atoms with Crippen LogP contribution >= 0.6 is 0 Å². The third kappa shape index (κ3) is 3.76. The van der Waals surface area contributed by atoms with E-state index in [9.17, 15) is 9.59 Å². The summed E-state index contributed by atoms with van der Waals surface area (Å²) >= 11 is 0. The van der Waals surface area contributed by atoms with Gasteiger partial charge in [0.25, 0.3) is 0 Å². The van der Waals surface area contributed by atoms with E-state index in [4.69, 9.17) is 0 Å². The predicted octanol–water partition coefficient (Wildman–Crippen LogP) is 4.33. The molecule has 0 spiro atoms. The summed E-state index contributed by atoms with van der Waals surface area (Å²) in [7, 11) is 0. The van der Waals surface area contributed by atoms with Crippen molar-refractivity contribution in [1.82, 2.24) is 0 Å². The van der Waals surface area contributed by atoms with E-state index in [-0.39, 0.29) is 11.6 Å². The molecule has 0 radical (unpaired) electrons. The van der Waals surface area contributed by atoms with Crippen LogP contribution in [0.1, 0.15) is 34.1 Å². The van der Waals surface area contributed by atoms with Crippen molar-refractivity contribution in [3.05, 3.63) is 83.9 Å². The Morgan fingerprint density at radius 3 is 1.67 bits per heavy atom. The molecule has 0 aromatic heterocycles. The highest BCUT2D eigenvalue weighted by Gasteiger charge is 2.27. The number of benzene rings is 2. The van der Waals surface area contributed by atoms with Gasteiger partial charge in [0.05, 0.1) is 5.92 Å². The van der Waals surface area contributed by atoms with Crippen molar-refractivity contribution < 1.29 is 9.59 Å². The lowest BCUT2D eigenvalue weighted by molar-refractivity contribution is 0.0809.